The largest absolute Gasteiger partial charge is 0.299 e. The fourth-order valence-electron chi connectivity index (χ4n) is 2.92. The highest BCUT2D eigenvalue weighted by atomic mass is 19.1. The van der Waals surface area contributed by atoms with Crippen LogP contribution in [0.4, 0.5) is 4.39 Å². The molecule has 5 heteroatoms. The summed E-state index contributed by atoms with van der Waals surface area (Å²) in [6.45, 7) is 3.34. The van der Waals surface area contributed by atoms with Gasteiger partial charge in [0.1, 0.15) is 22.8 Å². The van der Waals surface area contributed by atoms with E-state index >= 15 is 0 Å². The maximum Gasteiger partial charge on any atom is 0.268 e. The van der Waals surface area contributed by atoms with E-state index in [0.29, 0.717) is 17.9 Å². The van der Waals surface area contributed by atoms with E-state index in [1.54, 1.807) is 30.3 Å². The zero-order valence-electron chi connectivity index (χ0n) is 13.5. The number of halogens is 1. The first-order valence-corrected chi connectivity index (χ1v) is 7.81. The molecule has 0 aliphatic heterocycles. The van der Waals surface area contributed by atoms with Crippen LogP contribution >= 0.6 is 0 Å². The number of Topliss-reactive ketones (excluding diaryl/α,β-unsaturated/α-hetero) is 1. The van der Waals surface area contributed by atoms with Crippen LogP contribution in [0.2, 0.25) is 0 Å². The van der Waals surface area contributed by atoms with E-state index in [1.807, 2.05) is 13.0 Å². The van der Waals surface area contributed by atoms with Crippen LogP contribution in [0.1, 0.15) is 32.0 Å². The molecule has 0 unspecified atom stereocenters. The van der Waals surface area contributed by atoms with Crippen LogP contribution in [0.25, 0.3) is 16.6 Å². The Bertz CT molecular complexity index is 964. The number of hydrogen-bond donors (Lipinski definition) is 0. The van der Waals surface area contributed by atoms with Gasteiger partial charge in [-0.1, -0.05) is 31.2 Å². The van der Waals surface area contributed by atoms with Gasteiger partial charge in [0, 0.05) is 0 Å². The molecule has 0 bridgehead atoms. The molecular formula is C19H17FN2O2. The number of rotatable bonds is 4. The highest BCUT2D eigenvalue weighted by Crippen LogP contribution is 2.23. The second-order valence-electron chi connectivity index (χ2n) is 5.65. The second-order valence-corrected chi connectivity index (χ2v) is 5.65. The minimum absolute atomic E-state index is 0.0662. The van der Waals surface area contributed by atoms with Gasteiger partial charge >= 0.3 is 0 Å². The second kappa shape index (κ2) is 6.35. The third kappa shape index (κ3) is 2.62. The lowest BCUT2D eigenvalue weighted by Gasteiger charge is -2.18. The van der Waals surface area contributed by atoms with Crippen LogP contribution < -0.4 is 5.56 Å². The van der Waals surface area contributed by atoms with Crippen molar-refractivity contribution in [1.29, 1.82) is 0 Å². The van der Waals surface area contributed by atoms with Crippen molar-refractivity contribution < 1.29 is 9.18 Å². The molecule has 1 aromatic heterocycles. The number of benzene rings is 2. The Labute approximate surface area is 138 Å². The molecule has 0 saturated carbocycles. The fourth-order valence-corrected chi connectivity index (χ4v) is 2.92. The quantitative estimate of drug-likeness (QED) is 0.737. The Morgan fingerprint density at radius 2 is 1.88 bits per heavy atom. The molecule has 0 aliphatic rings. The van der Waals surface area contributed by atoms with E-state index in [9.17, 15) is 14.0 Å². The maximum atomic E-state index is 14.2. The number of fused-ring (bicyclic) bond motifs is 1. The molecule has 1 heterocycles. The molecule has 0 amide bonds. The zero-order valence-corrected chi connectivity index (χ0v) is 13.5. The topological polar surface area (TPSA) is 52.0 Å². The monoisotopic (exact) mass is 324 g/mol. The summed E-state index contributed by atoms with van der Waals surface area (Å²) in [7, 11) is 0. The Morgan fingerprint density at radius 1 is 1.17 bits per heavy atom. The first-order chi connectivity index (χ1) is 11.5. The van der Waals surface area contributed by atoms with Gasteiger partial charge in [-0.3, -0.25) is 14.2 Å². The summed E-state index contributed by atoms with van der Waals surface area (Å²) in [5, 5.41) is -0.0662. The first-order valence-electron chi connectivity index (χ1n) is 7.81. The molecular weight excluding hydrogens is 307 g/mol. The third-order valence-corrected chi connectivity index (χ3v) is 4.10. The van der Waals surface area contributed by atoms with Crippen molar-refractivity contribution in [1.82, 2.24) is 9.55 Å². The summed E-state index contributed by atoms with van der Waals surface area (Å²) in [6, 6.07) is 13.2. The third-order valence-electron chi connectivity index (χ3n) is 4.10. The number of hydrogen-bond acceptors (Lipinski definition) is 3. The van der Waals surface area contributed by atoms with Gasteiger partial charge in [0.05, 0.1) is 17.1 Å². The van der Waals surface area contributed by atoms with E-state index in [4.69, 9.17) is 0 Å². The molecule has 3 rings (SSSR count). The predicted octanol–water partition coefficient (Wildman–Crippen LogP) is 3.61. The fraction of sp³-hybridized carbons (Fsp3) is 0.211. The van der Waals surface area contributed by atoms with Gasteiger partial charge in [0.25, 0.3) is 5.56 Å². The van der Waals surface area contributed by atoms with Gasteiger partial charge in [-0.25, -0.2) is 9.37 Å². The Hall–Kier alpha value is -2.82. The van der Waals surface area contributed by atoms with Gasteiger partial charge in [0.15, 0.2) is 0 Å². The van der Waals surface area contributed by atoms with Crippen molar-refractivity contribution in [3.63, 3.8) is 0 Å². The van der Waals surface area contributed by atoms with Crippen molar-refractivity contribution in [2.75, 3.05) is 0 Å². The number of nitrogens with zero attached hydrogens (tertiary/aromatic N) is 2. The Morgan fingerprint density at radius 3 is 2.50 bits per heavy atom. The molecule has 2 aromatic carbocycles. The Balaban J connectivity index is 2.46. The van der Waals surface area contributed by atoms with E-state index < -0.39 is 17.3 Å². The molecule has 4 nitrogen and oxygen atoms in total. The molecule has 0 N–H and O–H groups in total. The molecule has 122 valence electrons. The molecule has 0 fully saturated rings. The minimum atomic E-state index is -0.614. The number of ketones is 1. The zero-order chi connectivity index (χ0) is 17.3. The SMILES string of the molecule is CC[C@H](C(C)=O)c1nc2cccc(F)c2c(=O)n1-c1ccccc1. The lowest BCUT2D eigenvalue weighted by molar-refractivity contribution is -0.118. The van der Waals surface area contributed by atoms with Crippen molar-refractivity contribution >= 4 is 16.7 Å². The van der Waals surface area contributed by atoms with Crippen LogP contribution in [0.15, 0.2) is 53.3 Å². The number of carbonyl (C=O) groups excluding carboxylic acids is 1. The smallest absolute Gasteiger partial charge is 0.268 e. The highest BCUT2D eigenvalue weighted by Gasteiger charge is 2.24. The molecule has 1 atom stereocenters. The standard InChI is InChI=1S/C19H17FN2O2/c1-3-14(12(2)23)18-21-16-11-7-10-15(20)17(16)19(24)22(18)13-8-5-4-6-9-13/h4-11,14H,3H2,1-2H3/t14-/m1/s1. The van der Waals surface area contributed by atoms with Gasteiger partial charge in [0.2, 0.25) is 0 Å². The summed E-state index contributed by atoms with van der Waals surface area (Å²) in [5.41, 5.74) is 0.329. The first kappa shape index (κ1) is 16.1. The van der Waals surface area contributed by atoms with E-state index in [0.717, 1.165) is 0 Å². The lowest BCUT2D eigenvalue weighted by Crippen LogP contribution is -2.28. The van der Waals surface area contributed by atoms with Crippen LogP contribution in [0, 0.1) is 5.82 Å². The molecule has 0 saturated heterocycles. The summed E-state index contributed by atoms with van der Waals surface area (Å²) < 4.78 is 15.5. The average Bonchev–Trinajstić information content (AvgIpc) is 2.56. The van der Waals surface area contributed by atoms with Crippen LogP contribution in [-0.2, 0) is 4.79 Å². The maximum absolute atomic E-state index is 14.2. The van der Waals surface area contributed by atoms with Crippen molar-refractivity contribution in [2.45, 2.75) is 26.2 Å². The lowest BCUT2D eigenvalue weighted by atomic mass is 10.00. The van der Waals surface area contributed by atoms with E-state index in [2.05, 4.69) is 4.98 Å². The van der Waals surface area contributed by atoms with E-state index in [1.165, 1.54) is 23.6 Å². The predicted molar refractivity (Wildman–Crippen MR) is 91.0 cm³/mol. The van der Waals surface area contributed by atoms with Crippen LogP contribution in [0.5, 0.6) is 0 Å². The number of aromatic nitrogens is 2. The molecule has 3 aromatic rings. The molecule has 24 heavy (non-hydrogen) atoms. The molecule has 0 spiro atoms. The molecule has 0 aliphatic carbocycles. The summed E-state index contributed by atoms with van der Waals surface area (Å²) in [6.07, 6.45) is 0.509. The highest BCUT2D eigenvalue weighted by molar-refractivity contribution is 5.84. The van der Waals surface area contributed by atoms with Crippen molar-refractivity contribution in [3.05, 3.63) is 70.5 Å². The van der Waals surface area contributed by atoms with Crippen LogP contribution in [-0.4, -0.2) is 15.3 Å². The van der Waals surface area contributed by atoms with Gasteiger partial charge < -0.3 is 0 Å². The normalized spacial score (nSPS) is 12.3. The van der Waals surface area contributed by atoms with Crippen LogP contribution in [0.3, 0.4) is 0 Å². The van der Waals surface area contributed by atoms with Gasteiger partial charge in [-0.05, 0) is 37.6 Å². The number of carbonyl (C=O) groups is 1. The van der Waals surface area contributed by atoms with Gasteiger partial charge in [-0.2, -0.15) is 0 Å². The summed E-state index contributed by atoms with van der Waals surface area (Å²) in [4.78, 5) is 29.5. The number of para-hydroxylation sites is 1. The van der Waals surface area contributed by atoms with Gasteiger partial charge in [-0.15, -0.1) is 0 Å². The minimum Gasteiger partial charge on any atom is -0.299 e. The van der Waals surface area contributed by atoms with E-state index in [-0.39, 0.29) is 16.7 Å². The average molecular weight is 324 g/mol. The summed E-state index contributed by atoms with van der Waals surface area (Å²) in [5.74, 6) is -0.869. The molecule has 0 radical (unpaired) electrons. The van der Waals surface area contributed by atoms with Crippen molar-refractivity contribution in [3.8, 4) is 5.69 Å². The summed E-state index contributed by atoms with van der Waals surface area (Å²) >= 11 is 0. The Kier molecular flexibility index (Phi) is 4.25. The van der Waals surface area contributed by atoms with Crippen molar-refractivity contribution in [2.24, 2.45) is 0 Å².